The largest absolute Gasteiger partial charge is 0.460 e. The monoisotopic (exact) mass is 887 g/mol. The fraction of sp³-hybridized carbons (Fsp3) is 0.760. The lowest BCUT2D eigenvalue weighted by Gasteiger charge is -2.53. The summed E-state index contributed by atoms with van der Waals surface area (Å²) in [5.74, 6) is -0.900. The lowest BCUT2D eigenvalue weighted by atomic mass is 9.52. The van der Waals surface area contributed by atoms with Crippen LogP contribution >= 0.6 is 0 Å². The highest BCUT2D eigenvalue weighted by molar-refractivity contribution is 5.94. The van der Waals surface area contributed by atoms with E-state index in [0.717, 1.165) is 68.9 Å². The van der Waals surface area contributed by atoms with E-state index in [0.29, 0.717) is 17.9 Å². The van der Waals surface area contributed by atoms with Crippen molar-refractivity contribution in [1.82, 2.24) is 15.7 Å². The van der Waals surface area contributed by atoms with Crippen LogP contribution in [-0.2, 0) is 54.2 Å². The number of hydroxylamine groups is 2. The van der Waals surface area contributed by atoms with Crippen molar-refractivity contribution >= 4 is 29.8 Å². The van der Waals surface area contributed by atoms with Gasteiger partial charge in [-0.15, -0.1) is 0 Å². The second-order valence-electron chi connectivity index (χ2n) is 22.6. The number of nitrogens with one attached hydrogen (secondary N) is 2. The summed E-state index contributed by atoms with van der Waals surface area (Å²) in [6.07, 6.45) is 9.68. The van der Waals surface area contributed by atoms with Gasteiger partial charge >= 0.3 is 11.9 Å². The standard InChI is InChI=1S/C50H69N3O11/c1-46(2,3)61-39(56)18-16-33(27-54)52-38(55)20-22-51-45(58)49-25-36-40-41(63-50(62-40,31-12-13-31)32-14-15-32)43(49)64-53(42(49)44(57)59-36)26-30-10-8-7-9-28(30)23-29-11-17-37-48(6,60-37)21-19-35-34(29)24-47(35,4)5/h7-10,23,31-37,40-43,54H,11-22,24-27H2,1-6H3,(H,51,58)(H,52,55)/t33-,34+,35+,36+,37?,40-,41-,42-,43+,48+,49-/m0/s1. The van der Waals surface area contributed by atoms with E-state index < -0.39 is 71.1 Å². The van der Waals surface area contributed by atoms with Gasteiger partial charge in [-0.05, 0) is 120 Å². The lowest BCUT2D eigenvalue weighted by molar-refractivity contribution is -0.235. The Hall–Kier alpha value is -3.40. The van der Waals surface area contributed by atoms with Crippen molar-refractivity contribution in [2.45, 2.75) is 191 Å². The molecule has 10 rings (SSSR count). The van der Waals surface area contributed by atoms with Gasteiger partial charge in [-0.25, -0.2) is 0 Å². The number of ether oxygens (including phenoxy) is 5. The molecule has 4 heterocycles. The summed E-state index contributed by atoms with van der Waals surface area (Å²) in [4.78, 5) is 61.9. The average Bonchev–Trinajstić information content (AvgIpc) is 4.18. The Kier molecular flexibility index (Phi) is 11.2. The molecule has 2 bridgehead atoms. The van der Waals surface area contributed by atoms with Crippen molar-refractivity contribution < 1.29 is 52.8 Å². The van der Waals surface area contributed by atoms with Crippen LogP contribution in [0.4, 0.5) is 0 Å². The molecule has 2 amide bonds. The van der Waals surface area contributed by atoms with Gasteiger partial charge in [0.15, 0.2) is 11.8 Å². The highest BCUT2D eigenvalue weighted by atomic mass is 16.8. The second kappa shape index (κ2) is 16.1. The molecule has 0 spiro atoms. The van der Waals surface area contributed by atoms with Crippen LogP contribution < -0.4 is 10.6 Å². The van der Waals surface area contributed by atoms with Crippen molar-refractivity contribution in [2.24, 2.45) is 34.5 Å². The van der Waals surface area contributed by atoms with E-state index in [-0.39, 0.29) is 74.1 Å². The van der Waals surface area contributed by atoms with Crippen LogP contribution in [0.3, 0.4) is 0 Å². The molecule has 5 aliphatic carbocycles. The van der Waals surface area contributed by atoms with Crippen LogP contribution in [0.1, 0.15) is 136 Å². The van der Waals surface area contributed by atoms with E-state index in [1.807, 2.05) is 6.07 Å². The molecule has 1 aromatic carbocycles. The van der Waals surface area contributed by atoms with Crippen LogP contribution in [0.2, 0.25) is 0 Å². The number of nitrogens with zero attached hydrogens (tertiary/aromatic N) is 1. The minimum Gasteiger partial charge on any atom is -0.460 e. The van der Waals surface area contributed by atoms with Crippen LogP contribution in [0.5, 0.6) is 0 Å². The molecule has 5 saturated carbocycles. The molecule has 1 unspecified atom stereocenters. The first-order valence-corrected chi connectivity index (χ1v) is 24.3. The van der Waals surface area contributed by atoms with Gasteiger partial charge < -0.3 is 39.4 Å². The van der Waals surface area contributed by atoms with Crippen molar-refractivity contribution in [3.63, 3.8) is 0 Å². The van der Waals surface area contributed by atoms with Gasteiger partial charge in [-0.3, -0.25) is 24.0 Å². The predicted octanol–water partition coefficient (Wildman–Crippen LogP) is 5.67. The van der Waals surface area contributed by atoms with Gasteiger partial charge in [0.2, 0.25) is 11.8 Å². The Balaban J connectivity index is 0.895. The maximum Gasteiger partial charge on any atom is 0.327 e. The summed E-state index contributed by atoms with van der Waals surface area (Å²) in [6.45, 7) is 12.3. The first-order valence-electron chi connectivity index (χ1n) is 24.3. The van der Waals surface area contributed by atoms with E-state index in [1.54, 1.807) is 25.8 Å². The molecular formula is C50H69N3O11. The number of carbonyl (C=O) groups is 4. The zero-order valence-electron chi connectivity index (χ0n) is 38.5. The molecule has 9 aliphatic rings. The summed E-state index contributed by atoms with van der Waals surface area (Å²) < 4.78 is 31.9. The minimum absolute atomic E-state index is 0.00673. The fourth-order valence-electron chi connectivity index (χ4n) is 12.7. The summed E-state index contributed by atoms with van der Waals surface area (Å²) >= 11 is 0. The molecule has 4 saturated heterocycles. The maximum absolute atomic E-state index is 15.0. The quantitative estimate of drug-likeness (QED) is 0.155. The van der Waals surface area contributed by atoms with Crippen molar-refractivity contribution in [3.8, 4) is 0 Å². The summed E-state index contributed by atoms with van der Waals surface area (Å²) in [5, 5.41) is 17.4. The number of aliphatic hydroxyl groups is 1. The van der Waals surface area contributed by atoms with E-state index in [4.69, 9.17) is 28.5 Å². The average molecular weight is 888 g/mol. The summed E-state index contributed by atoms with van der Waals surface area (Å²) in [6, 6.07) is 6.55. The molecule has 14 heteroatoms. The SMILES string of the molecule is CC(C)(C)OC(=O)CC[C@@H](CO)NC(=O)CCNC(=O)[C@@]12C[C@H]3OC(=O)[C@@H]1N(Cc1ccccc1C=C1CCC4O[C@]4(C)CC[C@@H]4[C@@H]1CC4(C)C)O[C@@H]2[C@H]1OC(C2CC2)(C2CC2)O[C@H]13. The van der Waals surface area contributed by atoms with Gasteiger partial charge in [0.05, 0.1) is 30.9 Å². The summed E-state index contributed by atoms with van der Waals surface area (Å²) in [5.41, 5.74) is 1.75. The third kappa shape index (κ3) is 8.03. The Labute approximate surface area is 377 Å². The van der Waals surface area contributed by atoms with Gasteiger partial charge in [-0.2, -0.15) is 5.06 Å². The molecule has 0 radical (unpaired) electrons. The molecule has 3 N–H and O–H groups in total. The number of amides is 2. The molecular weight excluding hydrogens is 819 g/mol. The molecule has 64 heavy (non-hydrogen) atoms. The number of esters is 2. The number of epoxide rings is 1. The van der Waals surface area contributed by atoms with E-state index in [9.17, 15) is 24.3 Å². The van der Waals surface area contributed by atoms with Crippen LogP contribution in [0.15, 0.2) is 29.8 Å². The third-order valence-corrected chi connectivity index (χ3v) is 16.4. The second-order valence-corrected chi connectivity index (χ2v) is 22.6. The Morgan fingerprint density at radius 1 is 0.969 bits per heavy atom. The first-order chi connectivity index (χ1) is 30.4. The van der Waals surface area contributed by atoms with E-state index in [2.05, 4.69) is 55.7 Å². The highest BCUT2D eigenvalue weighted by Crippen LogP contribution is 2.64. The van der Waals surface area contributed by atoms with Gasteiger partial charge in [0.25, 0.3) is 0 Å². The molecule has 14 nitrogen and oxygen atoms in total. The number of allylic oxidation sites excluding steroid dienone is 1. The van der Waals surface area contributed by atoms with Crippen LogP contribution in [-0.4, -0.2) is 107 Å². The molecule has 0 aromatic heterocycles. The number of hydrogen-bond donors (Lipinski definition) is 3. The molecule has 1 aromatic rings. The topological polar surface area (TPSA) is 174 Å². The lowest BCUT2D eigenvalue weighted by Crippen LogP contribution is -2.69. The Bertz CT molecular complexity index is 2050. The molecule has 11 atom stereocenters. The number of aliphatic hydroxyl groups excluding tert-OH is 1. The van der Waals surface area contributed by atoms with Crippen molar-refractivity contribution in [3.05, 3.63) is 41.0 Å². The van der Waals surface area contributed by atoms with Crippen LogP contribution in [0, 0.1) is 34.5 Å². The van der Waals surface area contributed by atoms with E-state index in [1.165, 1.54) is 5.57 Å². The highest BCUT2D eigenvalue weighted by Gasteiger charge is 2.78. The number of hydrogen-bond acceptors (Lipinski definition) is 12. The third-order valence-electron chi connectivity index (χ3n) is 16.4. The van der Waals surface area contributed by atoms with Gasteiger partial charge in [0.1, 0.15) is 35.4 Å². The van der Waals surface area contributed by atoms with Gasteiger partial charge in [0, 0.05) is 37.6 Å². The smallest absolute Gasteiger partial charge is 0.327 e. The summed E-state index contributed by atoms with van der Waals surface area (Å²) in [7, 11) is 0. The van der Waals surface area contributed by atoms with Crippen molar-refractivity contribution in [2.75, 3.05) is 13.2 Å². The molecule has 4 aliphatic heterocycles. The Morgan fingerprint density at radius 2 is 1.70 bits per heavy atom. The van der Waals surface area contributed by atoms with Gasteiger partial charge in [-0.1, -0.05) is 49.8 Å². The number of rotatable bonds is 14. The first kappa shape index (κ1) is 44.4. The zero-order valence-corrected chi connectivity index (χ0v) is 38.5. The zero-order chi connectivity index (χ0) is 45.0. The number of fused-ring (bicyclic) bond motifs is 6. The molecule has 350 valence electrons. The maximum atomic E-state index is 15.0. The fourth-order valence-corrected chi connectivity index (χ4v) is 12.7. The number of benzene rings is 1. The molecule has 9 fully saturated rings. The van der Waals surface area contributed by atoms with Crippen molar-refractivity contribution in [1.29, 1.82) is 0 Å². The van der Waals surface area contributed by atoms with Crippen LogP contribution in [0.25, 0.3) is 6.08 Å². The predicted molar refractivity (Wildman–Crippen MR) is 232 cm³/mol. The minimum atomic E-state index is -1.38. The normalized spacial score (nSPS) is 37.9. The van der Waals surface area contributed by atoms with E-state index >= 15 is 0 Å². The number of carbonyl (C=O) groups excluding carboxylic acids is 4. The Morgan fingerprint density at radius 3 is 2.41 bits per heavy atom.